The van der Waals surface area contributed by atoms with Gasteiger partial charge in [0, 0.05) is 0 Å². The van der Waals surface area contributed by atoms with E-state index in [-0.39, 0.29) is 24.4 Å². The van der Waals surface area contributed by atoms with E-state index in [9.17, 15) is 14.0 Å². The number of ether oxygens (including phenoxy) is 2. The van der Waals surface area contributed by atoms with Crippen molar-refractivity contribution in [1.82, 2.24) is 19.9 Å². The Bertz CT molecular complexity index is 1190. The van der Waals surface area contributed by atoms with Gasteiger partial charge in [-0.1, -0.05) is 11.3 Å². The maximum atomic E-state index is 13.1. The second-order valence-electron chi connectivity index (χ2n) is 6.51. The molecule has 2 amide bonds. The van der Waals surface area contributed by atoms with Crippen molar-refractivity contribution in [2.75, 3.05) is 6.79 Å². The predicted octanol–water partition coefficient (Wildman–Crippen LogP) is 3.37. The highest BCUT2D eigenvalue weighted by Gasteiger charge is 2.35. The summed E-state index contributed by atoms with van der Waals surface area (Å²) in [6, 6.07) is 11.0. The highest BCUT2D eigenvalue weighted by atomic mass is 32.2. The van der Waals surface area contributed by atoms with Crippen LogP contribution in [0.1, 0.15) is 11.3 Å². The molecule has 5 rings (SSSR count). The van der Waals surface area contributed by atoms with Gasteiger partial charge in [0.1, 0.15) is 11.5 Å². The summed E-state index contributed by atoms with van der Waals surface area (Å²) in [5.74, 6) is 0.482. The first-order valence-corrected chi connectivity index (χ1v) is 9.71. The number of hydrogen-bond donors (Lipinski definition) is 0. The molecule has 10 heteroatoms. The lowest BCUT2D eigenvalue weighted by molar-refractivity contribution is -0.123. The van der Waals surface area contributed by atoms with Crippen LogP contribution < -0.4 is 9.47 Å². The third kappa shape index (κ3) is 3.41. The average Bonchev–Trinajstić information content (AvgIpc) is 3.45. The van der Waals surface area contributed by atoms with Crippen LogP contribution in [0, 0.1) is 5.82 Å². The van der Waals surface area contributed by atoms with Crippen LogP contribution in [0.2, 0.25) is 0 Å². The molecule has 1 fully saturated rings. The van der Waals surface area contributed by atoms with Crippen LogP contribution in [0.5, 0.6) is 11.5 Å². The molecular formula is C20H13FN4O4S. The van der Waals surface area contributed by atoms with Crippen molar-refractivity contribution in [1.29, 1.82) is 0 Å². The molecule has 2 aromatic carbocycles. The summed E-state index contributed by atoms with van der Waals surface area (Å²) < 4.78 is 25.1. The van der Waals surface area contributed by atoms with Gasteiger partial charge < -0.3 is 9.47 Å². The molecule has 1 aromatic heterocycles. The molecule has 0 unspecified atom stereocenters. The Morgan fingerprint density at radius 2 is 1.90 bits per heavy atom. The number of aromatic nitrogens is 3. The molecule has 0 atom stereocenters. The summed E-state index contributed by atoms with van der Waals surface area (Å²) in [6.45, 7) is 0.151. The van der Waals surface area contributed by atoms with E-state index in [2.05, 4.69) is 10.3 Å². The fourth-order valence-electron chi connectivity index (χ4n) is 3.04. The zero-order chi connectivity index (χ0) is 20.7. The van der Waals surface area contributed by atoms with Gasteiger partial charge in [-0.25, -0.2) is 9.07 Å². The average molecular weight is 424 g/mol. The molecule has 0 spiro atoms. The van der Waals surface area contributed by atoms with Gasteiger partial charge in [-0.05, 0) is 59.8 Å². The monoisotopic (exact) mass is 424 g/mol. The maximum absolute atomic E-state index is 13.1. The van der Waals surface area contributed by atoms with Gasteiger partial charge in [0.25, 0.3) is 11.1 Å². The second-order valence-corrected chi connectivity index (χ2v) is 7.50. The van der Waals surface area contributed by atoms with Crippen LogP contribution in [0.15, 0.2) is 53.6 Å². The largest absolute Gasteiger partial charge is 0.454 e. The van der Waals surface area contributed by atoms with E-state index in [0.29, 0.717) is 27.8 Å². The second kappa shape index (κ2) is 7.30. The van der Waals surface area contributed by atoms with Gasteiger partial charge in [-0.2, -0.15) is 0 Å². The van der Waals surface area contributed by atoms with Crippen LogP contribution in [0.25, 0.3) is 11.8 Å². The predicted molar refractivity (Wildman–Crippen MR) is 105 cm³/mol. The smallest absolute Gasteiger partial charge is 0.293 e. The van der Waals surface area contributed by atoms with E-state index < -0.39 is 5.91 Å². The number of carbonyl (C=O) groups is 2. The Morgan fingerprint density at radius 1 is 1.10 bits per heavy atom. The summed E-state index contributed by atoms with van der Waals surface area (Å²) in [5, 5.41) is 7.60. The Kier molecular flexibility index (Phi) is 4.47. The van der Waals surface area contributed by atoms with E-state index in [4.69, 9.17) is 9.47 Å². The number of rotatable bonds is 4. The third-order valence-corrected chi connectivity index (χ3v) is 5.43. The molecule has 8 nitrogen and oxygen atoms in total. The Hall–Kier alpha value is -3.66. The molecule has 1 saturated heterocycles. The molecule has 0 radical (unpaired) electrons. The quantitative estimate of drug-likeness (QED) is 0.594. The maximum Gasteiger partial charge on any atom is 0.293 e. The van der Waals surface area contributed by atoms with Gasteiger partial charge >= 0.3 is 0 Å². The Labute approximate surface area is 173 Å². The molecule has 0 aliphatic carbocycles. The number of benzene rings is 2. The molecule has 2 aliphatic rings. The summed E-state index contributed by atoms with van der Waals surface area (Å²) in [4.78, 5) is 26.5. The minimum Gasteiger partial charge on any atom is -0.454 e. The third-order valence-electron chi connectivity index (χ3n) is 4.52. The summed E-state index contributed by atoms with van der Waals surface area (Å²) in [7, 11) is 0. The first-order valence-electron chi connectivity index (χ1n) is 8.89. The van der Waals surface area contributed by atoms with Crippen LogP contribution in [-0.2, 0) is 11.3 Å². The number of carbonyl (C=O) groups excluding carboxylic acids is 2. The fraction of sp³-hybridized carbons (Fsp3) is 0.100. The molecule has 3 aromatic rings. The highest BCUT2D eigenvalue weighted by molar-refractivity contribution is 8.18. The van der Waals surface area contributed by atoms with Crippen molar-refractivity contribution in [3.8, 4) is 17.2 Å². The summed E-state index contributed by atoms with van der Waals surface area (Å²) in [5.41, 5.74) is 1.78. The van der Waals surface area contributed by atoms with Crippen LogP contribution in [0.3, 0.4) is 0 Å². The molecule has 2 aliphatic heterocycles. The van der Waals surface area contributed by atoms with E-state index in [1.54, 1.807) is 42.6 Å². The zero-order valence-electron chi connectivity index (χ0n) is 15.3. The van der Waals surface area contributed by atoms with Crippen LogP contribution in [0.4, 0.5) is 9.18 Å². The van der Waals surface area contributed by atoms with E-state index in [0.717, 1.165) is 22.2 Å². The number of imide groups is 1. The lowest BCUT2D eigenvalue weighted by Crippen LogP contribution is -2.27. The van der Waals surface area contributed by atoms with Crippen molar-refractivity contribution in [2.24, 2.45) is 0 Å². The van der Waals surface area contributed by atoms with E-state index in [1.807, 2.05) is 0 Å². The molecular weight excluding hydrogens is 411 g/mol. The summed E-state index contributed by atoms with van der Waals surface area (Å²) >= 11 is 0.864. The van der Waals surface area contributed by atoms with Crippen molar-refractivity contribution in [2.45, 2.75) is 6.54 Å². The minimum absolute atomic E-state index is 0.00958. The topological polar surface area (TPSA) is 86.5 Å². The zero-order valence-corrected chi connectivity index (χ0v) is 16.1. The minimum atomic E-state index is -0.404. The first kappa shape index (κ1) is 18.4. The molecule has 30 heavy (non-hydrogen) atoms. The number of nitrogens with zero attached hydrogens (tertiary/aromatic N) is 4. The highest BCUT2D eigenvalue weighted by Crippen LogP contribution is 2.36. The van der Waals surface area contributed by atoms with Crippen molar-refractivity contribution in [3.05, 3.63) is 70.6 Å². The molecule has 0 N–H and O–H groups in total. The number of thioether (sulfide) groups is 1. The van der Waals surface area contributed by atoms with Gasteiger partial charge in [0.15, 0.2) is 11.5 Å². The molecule has 0 saturated carbocycles. The molecule has 150 valence electrons. The van der Waals surface area contributed by atoms with Crippen LogP contribution in [-0.4, -0.2) is 37.8 Å². The fourth-order valence-corrected chi connectivity index (χ4v) is 3.88. The van der Waals surface area contributed by atoms with E-state index in [1.165, 1.54) is 16.8 Å². The van der Waals surface area contributed by atoms with Crippen molar-refractivity contribution in [3.63, 3.8) is 0 Å². The van der Waals surface area contributed by atoms with Crippen molar-refractivity contribution < 1.29 is 23.5 Å². The first-order chi connectivity index (χ1) is 14.6. The number of halogens is 1. The standard InChI is InChI=1S/C20H13FN4O4S/c21-13-2-4-15(5-3-13)25-10-14(22-23-25)9-24-19(26)18(30-20(24)27)8-12-1-6-16-17(7-12)29-11-28-16/h1-8,10H,9,11H2/b18-8-. The van der Waals surface area contributed by atoms with Gasteiger partial charge in [-0.15, -0.1) is 5.10 Å². The summed E-state index contributed by atoms with van der Waals surface area (Å²) in [6.07, 6.45) is 3.24. The Morgan fingerprint density at radius 3 is 2.73 bits per heavy atom. The molecule has 0 bridgehead atoms. The number of fused-ring (bicyclic) bond motifs is 1. The lowest BCUT2D eigenvalue weighted by Gasteiger charge is -2.09. The molecule has 3 heterocycles. The van der Waals surface area contributed by atoms with Crippen molar-refractivity contribution >= 4 is 29.0 Å². The normalized spacial score (nSPS) is 16.7. The number of amides is 2. The van der Waals surface area contributed by atoms with Gasteiger partial charge in [0.05, 0.1) is 23.3 Å². The number of hydrogen-bond acceptors (Lipinski definition) is 7. The van der Waals surface area contributed by atoms with E-state index >= 15 is 0 Å². The van der Waals surface area contributed by atoms with Crippen LogP contribution >= 0.6 is 11.8 Å². The SMILES string of the molecule is O=C1S/C(=C\c2ccc3c(c2)OCO3)C(=O)N1Cc1cn(-c2ccc(F)cc2)nn1. The van der Waals surface area contributed by atoms with Gasteiger partial charge in [-0.3, -0.25) is 14.5 Å². The Balaban J connectivity index is 1.33. The van der Waals surface area contributed by atoms with Gasteiger partial charge in [0.2, 0.25) is 6.79 Å². The lowest BCUT2D eigenvalue weighted by atomic mass is 10.2.